The predicted octanol–water partition coefficient (Wildman–Crippen LogP) is 2.19. The van der Waals surface area contributed by atoms with E-state index in [1.807, 2.05) is 6.92 Å². The van der Waals surface area contributed by atoms with E-state index < -0.39 is 10.0 Å². The molecule has 1 aliphatic heterocycles. The Hall–Kier alpha value is -0.0800. The van der Waals surface area contributed by atoms with Crippen LogP contribution in [-0.2, 0) is 20.6 Å². The van der Waals surface area contributed by atoms with E-state index in [4.69, 9.17) is 20.8 Å². The fourth-order valence-electron chi connectivity index (χ4n) is 1.78. The Morgan fingerprint density at radius 1 is 1.61 bits per heavy atom. The third-order valence-electron chi connectivity index (χ3n) is 2.66. The average Bonchev–Trinajstić information content (AvgIpc) is 2.71. The highest BCUT2D eigenvalue weighted by Gasteiger charge is 2.32. The van der Waals surface area contributed by atoms with Gasteiger partial charge in [0.05, 0.1) is 18.6 Å². The molecular formula is C10H13BrClNO4S. The molecule has 1 fully saturated rings. The summed E-state index contributed by atoms with van der Waals surface area (Å²) in [6.45, 7) is 2.94. The molecule has 0 aromatic carbocycles. The van der Waals surface area contributed by atoms with Crippen LogP contribution in [0.3, 0.4) is 0 Å². The monoisotopic (exact) mass is 357 g/mol. The Kier molecular flexibility index (Phi) is 4.38. The Labute approximate surface area is 119 Å². The van der Waals surface area contributed by atoms with Crippen LogP contribution in [0.2, 0.25) is 0 Å². The fourth-order valence-corrected chi connectivity index (χ4v) is 4.38. The van der Waals surface area contributed by atoms with Gasteiger partial charge in [0, 0.05) is 19.2 Å². The van der Waals surface area contributed by atoms with Crippen LogP contribution in [-0.4, -0.2) is 38.5 Å². The van der Waals surface area contributed by atoms with Gasteiger partial charge in [0.15, 0.2) is 4.67 Å². The molecule has 5 nitrogen and oxygen atoms in total. The van der Waals surface area contributed by atoms with Gasteiger partial charge in [-0.25, -0.2) is 8.42 Å². The fraction of sp³-hybridized carbons (Fsp3) is 0.600. The van der Waals surface area contributed by atoms with E-state index >= 15 is 0 Å². The molecule has 0 radical (unpaired) electrons. The molecule has 8 heteroatoms. The SMILES string of the molecule is CC1CN(S(=O)(=O)c2cc(CCl)oc2Br)CCO1. The molecule has 0 aliphatic carbocycles. The summed E-state index contributed by atoms with van der Waals surface area (Å²) in [5, 5.41) is 0. The normalized spacial score (nSPS) is 22.3. The van der Waals surface area contributed by atoms with E-state index in [-0.39, 0.29) is 21.5 Å². The van der Waals surface area contributed by atoms with Gasteiger partial charge in [-0.2, -0.15) is 4.31 Å². The van der Waals surface area contributed by atoms with Gasteiger partial charge in [-0.15, -0.1) is 11.6 Å². The first-order chi connectivity index (χ1) is 8.45. The van der Waals surface area contributed by atoms with E-state index in [9.17, 15) is 8.42 Å². The first-order valence-corrected chi connectivity index (χ1v) is 8.18. The number of rotatable bonds is 3. The summed E-state index contributed by atoms with van der Waals surface area (Å²) in [7, 11) is -3.56. The van der Waals surface area contributed by atoms with Crippen molar-refractivity contribution in [2.45, 2.75) is 23.8 Å². The summed E-state index contributed by atoms with van der Waals surface area (Å²) in [6, 6.07) is 1.45. The highest BCUT2D eigenvalue weighted by molar-refractivity contribution is 9.10. The highest BCUT2D eigenvalue weighted by Crippen LogP contribution is 2.30. The smallest absolute Gasteiger partial charge is 0.247 e. The summed E-state index contributed by atoms with van der Waals surface area (Å²) in [5.41, 5.74) is 0. The van der Waals surface area contributed by atoms with Crippen molar-refractivity contribution >= 4 is 37.6 Å². The maximum absolute atomic E-state index is 12.4. The van der Waals surface area contributed by atoms with Gasteiger partial charge < -0.3 is 9.15 Å². The van der Waals surface area contributed by atoms with Gasteiger partial charge in [0.2, 0.25) is 10.0 Å². The van der Waals surface area contributed by atoms with Crippen LogP contribution in [0.5, 0.6) is 0 Å². The van der Waals surface area contributed by atoms with Gasteiger partial charge in [0.1, 0.15) is 10.7 Å². The molecule has 0 spiro atoms. The van der Waals surface area contributed by atoms with Crippen LogP contribution in [0.15, 0.2) is 20.0 Å². The second kappa shape index (κ2) is 5.50. The zero-order valence-electron chi connectivity index (χ0n) is 9.73. The van der Waals surface area contributed by atoms with Gasteiger partial charge in [-0.05, 0) is 22.9 Å². The molecule has 2 heterocycles. The highest BCUT2D eigenvalue weighted by atomic mass is 79.9. The molecule has 1 aliphatic rings. The minimum atomic E-state index is -3.56. The van der Waals surface area contributed by atoms with Crippen LogP contribution in [0.25, 0.3) is 0 Å². The molecule has 1 unspecified atom stereocenters. The minimum absolute atomic E-state index is 0.105. The Bertz CT molecular complexity index is 530. The Balaban J connectivity index is 2.32. The number of hydrogen-bond acceptors (Lipinski definition) is 4. The summed E-state index contributed by atoms with van der Waals surface area (Å²) < 4.78 is 37.0. The van der Waals surface area contributed by atoms with E-state index in [0.29, 0.717) is 25.5 Å². The molecule has 0 bridgehead atoms. The maximum atomic E-state index is 12.4. The van der Waals surface area contributed by atoms with Crippen LogP contribution >= 0.6 is 27.5 Å². The number of ether oxygens (including phenoxy) is 1. The molecule has 18 heavy (non-hydrogen) atoms. The molecular weight excluding hydrogens is 346 g/mol. The molecule has 1 aromatic heterocycles. The zero-order chi connectivity index (χ0) is 13.3. The van der Waals surface area contributed by atoms with Crippen LogP contribution in [0.1, 0.15) is 12.7 Å². The number of hydrogen-bond donors (Lipinski definition) is 0. The van der Waals surface area contributed by atoms with Crippen LogP contribution in [0, 0.1) is 0 Å². The van der Waals surface area contributed by atoms with E-state index in [0.717, 1.165) is 0 Å². The Morgan fingerprint density at radius 3 is 2.89 bits per heavy atom. The molecule has 102 valence electrons. The van der Waals surface area contributed by atoms with Gasteiger partial charge >= 0.3 is 0 Å². The lowest BCUT2D eigenvalue weighted by Crippen LogP contribution is -2.44. The number of nitrogens with zero attached hydrogens (tertiary/aromatic N) is 1. The van der Waals surface area contributed by atoms with Crippen molar-refractivity contribution in [2.24, 2.45) is 0 Å². The molecule has 0 saturated carbocycles. The largest absolute Gasteiger partial charge is 0.452 e. The molecule has 0 N–H and O–H groups in total. The number of sulfonamides is 1. The van der Waals surface area contributed by atoms with Crippen molar-refractivity contribution < 1.29 is 17.6 Å². The summed E-state index contributed by atoms with van der Waals surface area (Å²) in [4.78, 5) is 0.118. The number of alkyl halides is 1. The first kappa shape index (κ1) is 14.3. The van der Waals surface area contributed by atoms with Crippen molar-refractivity contribution in [1.82, 2.24) is 4.31 Å². The number of morpholine rings is 1. The molecule has 1 saturated heterocycles. The van der Waals surface area contributed by atoms with Crippen LogP contribution < -0.4 is 0 Å². The summed E-state index contributed by atoms with van der Waals surface area (Å²) >= 11 is 8.74. The summed E-state index contributed by atoms with van der Waals surface area (Å²) in [5.74, 6) is 0.552. The number of furan rings is 1. The predicted molar refractivity (Wildman–Crippen MR) is 70.1 cm³/mol. The summed E-state index contributed by atoms with van der Waals surface area (Å²) in [6.07, 6.45) is -0.105. The quantitative estimate of drug-likeness (QED) is 0.777. The van der Waals surface area contributed by atoms with Crippen molar-refractivity contribution in [3.05, 3.63) is 16.5 Å². The molecule has 1 atom stereocenters. The van der Waals surface area contributed by atoms with E-state index in [1.54, 1.807) is 0 Å². The number of halogens is 2. The lowest BCUT2D eigenvalue weighted by Gasteiger charge is -2.29. The molecule has 0 amide bonds. The topological polar surface area (TPSA) is 59.8 Å². The lowest BCUT2D eigenvalue weighted by molar-refractivity contribution is 0.0101. The third kappa shape index (κ3) is 2.75. The molecule has 2 rings (SSSR count). The van der Waals surface area contributed by atoms with Gasteiger partial charge in [-0.1, -0.05) is 0 Å². The van der Waals surface area contributed by atoms with Crippen molar-refractivity contribution in [3.63, 3.8) is 0 Å². The van der Waals surface area contributed by atoms with Crippen molar-refractivity contribution in [2.75, 3.05) is 19.7 Å². The first-order valence-electron chi connectivity index (χ1n) is 5.41. The standard InChI is InChI=1S/C10H13BrClNO4S/c1-7-6-13(2-3-16-7)18(14,15)9-4-8(5-12)17-10(9)11/h4,7H,2-3,5-6H2,1H3. The lowest BCUT2D eigenvalue weighted by atomic mass is 10.3. The average molecular weight is 359 g/mol. The zero-order valence-corrected chi connectivity index (χ0v) is 12.9. The Morgan fingerprint density at radius 2 is 2.33 bits per heavy atom. The van der Waals surface area contributed by atoms with Gasteiger partial charge in [0.25, 0.3) is 0 Å². The van der Waals surface area contributed by atoms with E-state index in [1.165, 1.54) is 10.4 Å². The minimum Gasteiger partial charge on any atom is -0.452 e. The van der Waals surface area contributed by atoms with E-state index in [2.05, 4.69) is 15.9 Å². The van der Waals surface area contributed by atoms with Gasteiger partial charge in [-0.3, -0.25) is 0 Å². The second-order valence-corrected chi connectivity index (χ2v) is 6.92. The van der Waals surface area contributed by atoms with Crippen molar-refractivity contribution in [3.8, 4) is 0 Å². The van der Waals surface area contributed by atoms with Crippen LogP contribution in [0.4, 0.5) is 0 Å². The third-order valence-corrected chi connectivity index (χ3v) is 5.65. The molecule has 1 aromatic rings. The van der Waals surface area contributed by atoms with Crippen molar-refractivity contribution in [1.29, 1.82) is 0 Å². The maximum Gasteiger partial charge on any atom is 0.247 e. The second-order valence-electron chi connectivity index (χ2n) is 4.03.